The van der Waals surface area contributed by atoms with Crippen LogP contribution in [0.25, 0.3) is 0 Å². The largest absolute Gasteiger partial charge is 0.481 e. The van der Waals surface area contributed by atoms with Gasteiger partial charge in [0.15, 0.2) is 6.29 Å². The van der Waals surface area contributed by atoms with E-state index in [0.29, 0.717) is 6.61 Å². The number of ether oxygens (including phenoxy) is 2. The molecule has 1 unspecified atom stereocenters. The third-order valence-corrected chi connectivity index (χ3v) is 4.19. The Morgan fingerprint density at radius 2 is 1.62 bits per heavy atom. The molecule has 0 amide bonds. The second kappa shape index (κ2) is 9.19. The fourth-order valence-corrected chi connectivity index (χ4v) is 2.74. The van der Waals surface area contributed by atoms with Crippen molar-refractivity contribution in [2.75, 3.05) is 6.61 Å². The quantitative estimate of drug-likeness (QED) is 0.835. The molecule has 1 aliphatic heterocycles. The highest BCUT2D eigenvalue weighted by Crippen LogP contribution is 2.16. The first-order valence-corrected chi connectivity index (χ1v) is 8.84. The van der Waals surface area contributed by atoms with E-state index in [1.807, 2.05) is 36.4 Å². The summed E-state index contributed by atoms with van der Waals surface area (Å²) in [7, 11) is 0. The lowest BCUT2D eigenvalue weighted by atomic mass is 10.1. The molecule has 1 aliphatic rings. The van der Waals surface area contributed by atoms with Gasteiger partial charge in [-0.15, -0.1) is 0 Å². The van der Waals surface area contributed by atoms with Gasteiger partial charge in [-0.25, -0.2) is 0 Å². The third kappa shape index (κ3) is 5.73. The monoisotopic (exact) mass is 350 g/mol. The lowest BCUT2D eigenvalue weighted by Crippen LogP contribution is -2.21. The average molecular weight is 350 g/mol. The Balaban J connectivity index is 1.54. The molecule has 4 heteroatoms. The van der Waals surface area contributed by atoms with Crippen molar-refractivity contribution in [1.29, 1.82) is 0 Å². The fraction of sp³-hybridized carbons (Fsp3) is 0.318. The van der Waals surface area contributed by atoms with Gasteiger partial charge in [0.1, 0.15) is 0 Å². The first-order valence-electron chi connectivity index (χ1n) is 8.84. The number of rotatable bonds is 5. The third-order valence-electron chi connectivity index (χ3n) is 4.19. The summed E-state index contributed by atoms with van der Waals surface area (Å²) in [4.78, 5) is 10.7. The summed E-state index contributed by atoms with van der Waals surface area (Å²) in [5.41, 5.74) is 3.66. The molecule has 1 atom stereocenters. The minimum Gasteiger partial charge on any atom is -0.481 e. The lowest BCUT2D eigenvalue weighted by Gasteiger charge is -2.22. The van der Waals surface area contributed by atoms with Gasteiger partial charge in [-0.05, 0) is 54.7 Å². The topological polar surface area (TPSA) is 55.8 Å². The van der Waals surface area contributed by atoms with Crippen molar-refractivity contribution in [3.63, 3.8) is 0 Å². The van der Waals surface area contributed by atoms with Crippen LogP contribution in [0.2, 0.25) is 0 Å². The zero-order valence-corrected chi connectivity index (χ0v) is 14.6. The summed E-state index contributed by atoms with van der Waals surface area (Å²) >= 11 is 0. The molecular formula is C22H22O4. The van der Waals surface area contributed by atoms with Gasteiger partial charge in [-0.1, -0.05) is 36.1 Å². The molecule has 2 aromatic carbocycles. The van der Waals surface area contributed by atoms with Gasteiger partial charge in [0, 0.05) is 17.7 Å². The summed E-state index contributed by atoms with van der Waals surface area (Å²) in [6, 6.07) is 15.3. The number of carbonyl (C=O) groups is 1. The fourth-order valence-electron chi connectivity index (χ4n) is 2.74. The van der Waals surface area contributed by atoms with Gasteiger partial charge < -0.3 is 14.6 Å². The van der Waals surface area contributed by atoms with Gasteiger partial charge in [-0.3, -0.25) is 4.79 Å². The van der Waals surface area contributed by atoms with Crippen molar-refractivity contribution < 1.29 is 19.4 Å². The van der Waals surface area contributed by atoms with Crippen molar-refractivity contribution in [3.05, 3.63) is 70.8 Å². The molecule has 26 heavy (non-hydrogen) atoms. The number of carboxylic acids is 1. The Bertz CT molecular complexity index is 776. The molecular weight excluding hydrogens is 328 g/mol. The predicted octanol–water partition coefficient (Wildman–Crippen LogP) is 3.76. The highest BCUT2D eigenvalue weighted by Gasteiger charge is 2.13. The molecule has 0 bridgehead atoms. The Kier molecular flexibility index (Phi) is 6.43. The van der Waals surface area contributed by atoms with Crippen molar-refractivity contribution in [2.24, 2.45) is 0 Å². The van der Waals surface area contributed by atoms with Crippen LogP contribution in [0.1, 0.15) is 41.5 Å². The molecule has 2 aromatic rings. The summed E-state index contributed by atoms with van der Waals surface area (Å²) in [5, 5.41) is 8.78. The summed E-state index contributed by atoms with van der Waals surface area (Å²) < 4.78 is 11.3. The van der Waals surface area contributed by atoms with E-state index >= 15 is 0 Å². The minimum atomic E-state index is -0.831. The number of hydrogen-bond donors (Lipinski definition) is 1. The van der Waals surface area contributed by atoms with Crippen molar-refractivity contribution in [2.45, 2.75) is 38.6 Å². The minimum absolute atomic E-state index is 0.0309. The first kappa shape index (κ1) is 18.2. The Hall–Kier alpha value is -2.61. The van der Waals surface area contributed by atoms with Gasteiger partial charge in [0.25, 0.3) is 0 Å². The molecule has 0 spiro atoms. The normalized spacial score (nSPS) is 16.5. The average Bonchev–Trinajstić information content (AvgIpc) is 2.67. The molecule has 0 aliphatic carbocycles. The van der Waals surface area contributed by atoms with Crippen LogP contribution in [0.4, 0.5) is 0 Å². The number of benzene rings is 2. The second-order valence-electron chi connectivity index (χ2n) is 6.32. The summed E-state index contributed by atoms with van der Waals surface area (Å²) in [6.07, 6.45) is 3.21. The van der Waals surface area contributed by atoms with E-state index in [-0.39, 0.29) is 12.7 Å². The first-order chi connectivity index (χ1) is 12.7. The zero-order chi connectivity index (χ0) is 18.2. The molecule has 0 saturated carbocycles. The van der Waals surface area contributed by atoms with Crippen molar-refractivity contribution in [1.82, 2.24) is 0 Å². The molecule has 3 rings (SSSR count). The predicted molar refractivity (Wildman–Crippen MR) is 98.6 cm³/mol. The van der Waals surface area contributed by atoms with Crippen LogP contribution in [0.5, 0.6) is 0 Å². The molecule has 0 radical (unpaired) electrons. The number of carboxylic acid groups (broad SMARTS) is 1. The van der Waals surface area contributed by atoms with Gasteiger partial charge >= 0.3 is 5.97 Å². The molecule has 1 N–H and O–H groups in total. The van der Waals surface area contributed by atoms with E-state index < -0.39 is 5.97 Å². The van der Waals surface area contributed by atoms with E-state index in [4.69, 9.17) is 14.6 Å². The molecule has 1 heterocycles. The van der Waals surface area contributed by atoms with E-state index in [1.54, 1.807) is 12.1 Å². The SMILES string of the molecule is O=C(O)Cc1ccc(C#Cc2ccc(COC3CCCCO3)cc2)cc1. The van der Waals surface area contributed by atoms with E-state index in [0.717, 1.165) is 48.1 Å². The maximum absolute atomic E-state index is 10.7. The number of aliphatic carboxylic acids is 1. The van der Waals surface area contributed by atoms with E-state index in [1.165, 1.54) is 0 Å². The summed E-state index contributed by atoms with van der Waals surface area (Å²) in [6.45, 7) is 1.33. The van der Waals surface area contributed by atoms with E-state index in [2.05, 4.69) is 11.8 Å². The zero-order valence-electron chi connectivity index (χ0n) is 14.6. The number of hydrogen-bond acceptors (Lipinski definition) is 3. The van der Waals surface area contributed by atoms with Crippen LogP contribution in [-0.2, 0) is 27.3 Å². The van der Waals surface area contributed by atoms with Gasteiger partial charge in [-0.2, -0.15) is 0 Å². The summed E-state index contributed by atoms with van der Waals surface area (Å²) in [5.74, 6) is 5.39. The molecule has 1 fully saturated rings. The van der Waals surface area contributed by atoms with Crippen LogP contribution >= 0.6 is 0 Å². The highest BCUT2D eigenvalue weighted by molar-refractivity contribution is 5.70. The smallest absolute Gasteiger partial charge is 0.307 e. The van der Waals surface area contributed by atoms with Crippen molar-refractivity contribution in [3.8, 4) is 11.8 Å². The highest BCUT2D eigenvalue weighted by atomic mass is 16.7. The molecule has 134 valence electrons. The van der Waals surface area contributed by atoms with Crippen LogP contribution in [-0.4, -0.2) is 24.0 Å². The molecule has 4 nitrogen and oxygen atoms in total. The van der Waals surface area contributed by atoms with Crippen LogP contribution in [0.15, 0.2) is 48.5 Å². The Labute approximate surface area is 153 Å². The maximum atomic E-state index is 10.7. The molecule has 0 aromatic heterocycles. The standard InChI is InChI=1S/C22H22O4/c23-21(24)15-19-10-6-17(7-11-19)4-5-18-8-12-20(13-9-18)16-26-22-3-1-2-14-25-22/h6-13,22H,1-3,14-16H2,(H,23,24). The Morgan fingerprint density at radius 3 is 2.15 bits per heavy atom. The van der Waals surface area contributed by atoms with Crippen molar-refractivity contribution >= 4 is 5.97 Å². The molecule has 1 saturated heterocycles. The van der Waals surface area contributed by atoms with E-state index in [9.17, 15) is 4.79 Å². The van der Waals surface area contributed by atoms with Crippen LogP contribution < -0.4 is 0 Å². The van der Waals surface area contributed by atoms with Gasteiger partial charge in [0.05, 0.1) is 13.0 Å². The Morgan fingerprint density at radius 1 is 1.00 bits per heavy atom. The van der Waals surface area contributed by atoms with Gasteiger partial charge in [0.2, 0.25) is 0 Å². The second-order valence-corrected chi connectivity index (χ2v) is 6.32. The lowest BCUT2D eigenvalue weighted by molar-refractivity contribution is -0.168. The van der Waals surface area contributed by atoms with Crippen LogP contribution in [0, 0.1) is 11.8 Å². The maximum Gasteiger partial charge on any atom is 0.307 e. The van der Waals surface area contributed by atoms with Crippen LogP contribution in [0.3, 0.4) is 0 Å².